The van der Waals surface area contributed by atoms with Crippen LogP contribution in [0.4, 0.5) is 26.2 Å². The van der Waals surface area contributed by atoms with Crippen molar-refractivity contribution in [2.24, 2.45) is 5.92 Å². The van der Waals surface area contributed by atoms with E-state index in [1.165, 1.54) is 6.07 Å². The van der Waals surface area contributed by atoms with Crippen LogP contribution in [-0.4, -0.2) is 114 Å². The first-order valence-corrected chi connectivity index (χ1v) is 21.7. The van der Waals surface area contributed by atoms with Crippen LogP contribution in [0, 0.1) is 24.5 Å². The number of nitrogens with one attached hydrogen (secondary N) is 2. The molecule has 0 bridgehead atoms. The number of halogens is 2. The van der Waals surface area contributed by atoms with Crippen LogP contribution in [0.15, 0.2) is 54.9 Å². The Balaban J connectivity index is 0.767. The highest BCUT2D eigenvalue weighted by Crippen LogP contribution is 2.34. The zero-order chi connectivity index (χ0) is 44.3. The van der Waals surface area contributed by atoms with Crippen molar-refractivity contribution < 1.29 is 28.0 Å². The number of aromatic nitrogens is 5. The number of likely N-dealkylation sites (tertiary alicyclic amines) is 1. The van der Waals surface area contributed by atoms with E-state index in [1.807, 2.05) is 49.7 Å². The van der Waals surface area contributed by atoms with Crippen LogP contribution in [0.1, 0.15) is 91.5 Å². The molecular formula is C46H51F2N11O4. The van der Waals surface area contributed by atoms with Gasteiger partial charge in [-0.25, -0.2) is 28.7 Å². The van der Waals surface area contributed by atoms with Crippen molar-refractivity contribution in [2.75, 3.05) is 42.9 Å². The molecule has 3 aromatic heterocycles. The molecule has 3 unspecified atom stereocenters. The first-order chi connectivity index (χ1) is 30.2. The number of anilines is 3. The van der Waals surface area contributed by atoms with E-state index in [-0.39, 0.29) is 59.3 Å². The Morgan fingerprint density at radius 1 is 0.857 bits per heavy atom. The van der Waals surface area contributed by atoms with Gasteiger partial charge in [-0.1, -0.05) is 6.07 Å². The molecule has 0 spiro atoms. The Bertz CT molecular complexity index is 2620. The van der Waals surface area contributed by atoms with Crippen molar-refractivity contribution in [2.45, 2.75) is 91.0 Å². The minimum absolute atomic E-state index is 0.0233. The molecule has 7 heterocycles. The number of amides is 4. The first kappa shape index (κ1) is 42.1. The minimum atomic E-state index is -0.988. The molecule has 4 aliphatic heterocycles. The average molecular weight is 860 g/mol. The van der Waals surface area contributed by atoms with Crippen LogP contribution in [0.5, 0.6) is 0 Å². The van der Waals surface area contributed by atoms with Gasteiger partial charge in [0.25, 0.3) is 11.8 Å². The summed E-state index contributed by atoms with van der Waals surface area (Å²) < 4.78 is 32.2. The lowest BCUT2D eigenvalue weighted by molar-refractivity contribution is -0.136. The zero-order valence-corrected chi connectivity index (χ0v) is 36.1. The molecule has 15 nitrogen and oxygen atoms in total. The van der Waals surface area contributed by atoms with E-state index in [0.29, 0.717) is 28.6 Å². The van der Waals surface area contributed by atoms with Crippen molar-refractivity contribution >= 4 is 52.1 Å². The molecule has 2 aromatic carbocycles. The maximum Gasteiger partial charge on any atom is 0.262 e. The number of nitrogens with zero attached hydrogens (tertiary/aromatic N) is 9. The summed E-state index contributed by atoms with van der Waals surface area (Å²) in [5, 5.41) is 5.32. The summed E-state index contributed by atoms with van der Waals surface area (Å²) in [5.74, 6) is -1.33. The van der Waals surface area contributed by atoms with Gasteiger partial charge in [-0.15, -0.1) is 0 Å². The fraction of sp³-hybridized carbons (Fsp3) is 0.435. The van der Waals surface area contributed by atoms with Gasteiger partial charge in [0.2, 0.25) is 17.8 Å². The lowest BCUT2D eigenvalue weighted by Crippen LogP contribution is -2.58. The third-order valence-corrected chi connectivity index (χ3v) is 13.0. The Morgan fingerprint density at radius 2 is 1.60 bits per heavy atom. The second kappa shape index (κ2) is 16.8. The lowest BCUT2D eigenvalue weighted by Gasteiger charge is -2.47. The standard InChI is InChI=1S/C46H51F2N11O4/c1-25(2)58-28(5)51-42-35(47)16-31(17-38(42)58)41-36(48)20-50-46(54-41)52-39-10-6-30(19-49-39)23-55-14-12-29(13-15-55)24-57-26(3)21-56(22-27(57)4)32-7-8-33-34(18-32)45(63)59(44(33)62)37-9-11-40(60)53-43(37)61/h6-8,10,16-20,25-27,29,37H,9,11-15,21-24H2,1-5H3,(H,53,60,61)(H,49,50,52,54). The van der Waals surface area contributed by atoms with Crippen molar-refractivity contribution in [3.05, 3.63) is 89.0 Å². The number of rotatable bonds is 10. The van der Waals surface area contributed by atoms with Crippen LogP contribution < -0.4 is 15.5 Å². The summed E-state index contributed by atoms with van der Waals surface area (Å²) in [6, 6.07) is 11.7. The van der Waals surface area contributed by atoms with E-state index in [1.54, 1.807) is 18.2 Å². The highest BCUT2D eigenvalue weighted by molar-refractivity contribution is 6.23. The topological polar surface area (TPSA) is 162 Å². The van der Waals surface area contributed by atoms with Gasteiger partial charge >= 0.3 is 0 Å². The first-order valence-electron chi connectivity index (χ1n) is 21.7. The van der Waals surface area contributed by atoms with Crippen molar-refractivity contribution in [1.29, 1.82) is 0 Å². The molecule has 3 atom stereocenters. The number of benzene rings is 2. The summed E-state index contributed by atoms with van der Waals surface area (Å²) in [4.78, 5) is 76.7. The molecule has 0 radical (unpaired) electrons. The highest BCUT2D eigenvalue weighted by atomic mass is 19.1. The summed E-state index contributed by atoms with van der Waals surface area (Å²) in [7, 11) is 0. The Kier molecular flexibility index (Phi) is 11.2. The normalized spacial score (nSPS) is 21.5. The van der Waals surface area contributed by atoms with Crippen molar-refractivity contribution in [3.63, 3.8) is 0 Å². The number of fused-ring (bicyclic) bond motifs is 2. The van der Waals surface area contributed by atoms with E-state index < -0.39 is 41.3 Å². The maximum atomic E-state index is 15.2. The number of piperazine rings is 1. The average Bonchev–Trinajstić information content (AvgIpc) is 3.72. The monoisotopic (exact) mass is 859 g/mol. The number of aryl methyl sites for hydroxylation is 1. The number of carbonyl (C=O) groups excluding carboxylic acids is 4. The zero-order valence-electron chi connectivity index (χ0n) is 36.1. The van der Waals surface area contributed by atoms with Crippen LogP contribution in [0.3, 0.4) is 0 Å². The third kappa shape index (κ3) is 8.15. The van der Waals surface area contributed by atoms with Gasteiger partial charge in [-0.2, -0.15) is 0 Å². The molecule has 328 valence electrons. The predicted molar refractivity (Wildman–Crippen MR) is 232 cm³/mol. The van der Waals surface area contributed by atoms with Gasteiger partial charge in [-0.3, -0.25) is 39.2 Å². The molecular weight excluding hydrogens is 809 g/mol. The largest absolute Gasteiger partial charge is 0.368 e. The maximum absolute atomic E-state index is 15.2. The molecule has 0 saturated carbocycles. The molecule has 9 rings (SSSR count). The van der Waals surface area contributed by atoms with E-state index in [2.05, 4.69) is 59.1 Å². The number of hydrogen-bond donors (Lipinski definition) is 2. The Labute approximate surface area is 363 Å². The van der Waals surface area contributed by atoms with E-state index in [0.717, 1.165) is 74.5 Å². The summed E-state index contributed by atoms with van der Waals surface area (Å²) in [6.07, 6.45) is 5.27. The van der Waals surface area contributed by atoms with E-state index >= 15 is 8.78 Å². The van der Waals surface area contributed by atoms with Crippen molar-refractivity contribution in [3.8, 4) is 11.3 Å². The molecule has 0 aliphatic carbocycles. The number of imidazole rings is 1. The molecule has 17 heteroatoms. The quantitative estimate of drug-likeness (QED) is 0.158. The van der Waals surface area contributed by atoms with Crippen LogP contribution >= 0.6 is 0 Å². The molecule has 4 amide bonds. The minimum Gasteiger partial charge on any atom is -0.368 e. The van der Waals surface area contributed by atoms with Crippen LogP contribution in [-0.2, 0) is 16.1 Å². The van der Waals surface area contributed by atoms with Crippen molar-refractivity contribution in [1.82, 2.24) is 44.5 Å². The second-order valence-electron chi connectivity index (χ2n) is 17.7. The fourth-order valence-electron chi connectivity index (χ4n) is 9.86. The van der Waals surface area contributed by atoms with E-state index in [4.69, 9.17) is 0 Å². The summed E-state index contributed by atoms with van der Waals surface area (Å²) in [5.41, 5.74) is 3.60. The number of hydrogen-bond acceptors (Lipinski definition) is 12. The number of imide groups is 2. The molecule has 63 heavy (non-hydrogen) atoms. The lowest BCUT2D eigenvalue weighted by atomic mass is 9.93. The van der Waals surface area contributed by atoms with Gasteiger partial charge in [0.15, 0.2) is 11.6 Å². The Hall–Kier alpha value is -6.20. The van der Waals surface area contributed by atoms with Gasteiger partial charge in [0.05, 0.1) is 22.8 Å². The molecule has 4 aliphatic rings. The molecule has 2 N–H and O–H groups in total. The van der Waals surface area contributed by atoms with E-state index in [9.17, 15) is 19.2 Å². The number of piperidine rings is 2. The third-order valence-electron chi connectivity index (χ3n) is 13.0. The fourth-order valence-corrected chi connectivity index (χ4v) is 9.86. The smallest absolute Gasteiger partial charge is 0.262 e. The summed E-state index contributed by atoms with van der Waals surface area (Å²) >= 11 is 0. The predicted octanol–water partition coefficient (Wildman–Crippen LogP) is 6.01. The number of pyridine rings is 1. The Morgan fingerprint density at radius 3 is 2.30 bits per heavy atom. The van der Waals surface area contributed by atoms with Gasteiger partial charge in [0, 0.05) is 68.2 Å². The van der Waals surface area contributed by atoms with Gasteiger partial charge in [0.1, 0.15) is 28.9 Å². The van der Waals surface area contributed by atoms with Crippen LogP contribution in [0.25, 0.3) is 22.3 Å². The highest BCUT2D eigenvalue weighted by Gasteiger charge is 2.45. The molecule has 3 saturated heterocycles. The van der Waals surface area contributed by atoms with Gasteiger partial charge in [-0.05, 0) is 115 Å². The second-order valence-corrected chi connectivity index (χ2v) is 17.7. The molecule has 5 aromatic rings. The van der Waals surface area contributed by atoms with Crippen LogP contribution in [0.2, 0.25) is 0 Å². The SMILES string of the molecule is Cc1nc2c(F)cc(-c3nc(Nc4ccc(CN5CCC(CN6C(C)CN(c7ccc8c(c7)C(=O)N(C7CCC(=O)NC7=O)C8=O)CC6C)CC5)cn4)ncc3F)cc2n1C(C)C. The molecule has 3 fully saturated rings. The van der Waals surface area contributed by atoms with Gasteiger partial charge < -0.3 is 14.8 Å². The number of carbonyl (C=O) groups is 4. The summed E-state index contributed by atoms with van der Waals surface area (Å²) in [6.45, 7) is 15.5.